The van der Waals surface area contributed by atoms with E-state index >= 15 is 0 Å². The highest BCUT2D eigenvalue weighted by atomic mass is 16.6. The van der Waals surface area contributed by atoms with Crippen LogP contribution in [0.3, 0.4) is 0 Å². The molecule has 0 unspecified atom stereocenters. The standard InChI is InChI=1S/C31H61N3O7/c1-5-6-7-8-9-10-11-12-13-14-15-32-29(35)28-33-16-20-37-24-26-39-22-18-34(30(36)41-31(2,3)4)19-23-40-27-25-38-21-17-33/h5-28H2,1-4H3,(H,32,35). The van der Waals surface area contributed by atoms with Gasteiger partial charge in [0.05, 0.1) is 59.4 Å². The fourth-order valence-corrected chi connectivity index (χ4v) is 4.37. The van der Waals surface area contributed by atoms with E-state index in [1.807, 2.05) is 20.8 Å². The van der Waals surface area contributed by atoms with Gasteiger partial charge in [-0.1, -0.05) is 64.7 Å². The molecule has 0 aromatic carbocycles. The minimum Gasteiger partial charge on any atom is -0.444 e. The molecule has 2 amide bonds. The number of hydrogen-bond acceptors (Lipinski definition) is 8. The predicted molar refractivity (Wildman–Crippen MR) is 162 cm³/mol. The summed E-state index contributed by atoms with van der Waals surface area (Å²) in [5, 5.41) is 3.07. The zero-order chi connectivity index (χ0) is 30.0. The van der Waals surface area contributed by atoms with Gasteiger partial charge in [0, 0.05) is 32.7 Å². The van der Waals surface area contributed by atoms with Gasteiger partial charge in [0.2, 0.25) is 5.91 Å². The first-order valence-electron chi connectivity index (χ1n) is 16.1. The minimum absolute atomic E-state index is 0.0456. The second-order valence-electron chi connectivity index (χ2n) is 11.7. The van der Waals surface area contributed by atoms with Crippen LogP contribution in [0.15, 0.2) is 0 Å². The summed E-state index contributed by atoms with van der Waals surface area (Å²) in [5.41, 5.74) is -0.562. The Labute approximate surface area is 250 Å². The van der Waals surface area contributed by atoms with Crippen LogP contribution < -0.4 is 5.32 Å². The molecule has 1 aliphatic heterocycles. The lowest BCUT2D eigenvalue weighted by atomic mass is 10.1. The van der Waals surface area contributed by atoms with Gasteiger partial charge in [-0.2, -0.15) is 0 Å². The normalized spacial score (nSPS) is 17.9. The Morgan fingerprint density at radius 3 is 1.56 bits per heavy atom. The second kappa shape index (κ2) is 25.1. The van der Waals surface area contributed by atoms with Gasteiger partial charge in [-0.15, -0.1) is 0 Å². The van der Waals surface area contributed by atoms with Crippen molar-refractivity contribution in [1.29, 1.82) is 0 Å². The van der Waals surface area contributed by atoms with Crippen LogP contribution in [0.4, 0.5) is 4.79 Å². The van der Waals surface area contributed by atoms with Crippen LogP contribution >= 0.6 is 0 Å². The quantitative estimate of drug-likeness (QED) is 0.311. The number of carbonyl (C=O) groups is 2. The third-order valence-electron chi connectivity index (χ3n) is 6.73. The summed E-state index contributed by atoms with van der Waals surface area (Å²) >= 11 is 0. The van der Waals surface area contributed by atoms with Gasteiger partial charge in [0.25, 0.3) is 0 Å². The third-order valence-corrected chi connectivity index (χ3v) is 6.73. The van der Waals surface area contributed by atoms with Crippen LogP contribution in [0.5, 0.6) is 0 Å². The van der Waals surface area contributed by atoms with Crippen molar-refractivity contribution < 1.29 is 33.3 Å². The fourth-order valence-electron chi connectivity index (χ4n) is 4.37. The minimum atomic E-state index is -0.562. The largest absolute Gasteiger partial charge is 0.444 e. The molecule has 1 rings (SSSR count). The first-order chi connectivity index (χ1) is 19.8. The van der Waals surface area contributed by atoms with Crippen LogP contribution in [0, 0.1) is 0 Å². The van der Waals surface area contributed by atoms with Gasteiger partial charge in [-0.3, -0.25) is 9.69 Å². The highest BCUT2D eigenvalue weighted by Gasteiger charge is 2.22. The number of unbranched alkanes of at least 4 members (excludes halogenated alkanes) is 9. The van der Waals surface area contributed by atoms with Gasteiger partial charge in [0.1, 0.15) is 5.60 Å². The van der Waals surface area contributed by atoms with Crippen molar-refractivity contribution in [3.05, 3.63) is 0 Å². The van der Waals surface area contributed by atoms with Gasteiger partial charge in [-0.25, -0.2) is 4.79 Å². The van der Waals surface area contributed by atoms with Crippen LogP contribution in [-0.2, 0) is 28.5 Å². The van der Waals surface area contributed by atoms with Crippen LogP contribution in [0.1, 0.15) is 91.9 Å². The van der Waals surface area contributed by atoms with E-state index in [4.69, 9.17) is 23.7 Å². The second-order valence-corrected chi connectivity index (χ2v) is 11.7. The van der Waals surface area contributed by atoms with E-state index in [1.165, 1.54) is 57.8 Å². The molecule has 0 aromatic heterocycles. The van der Waals surface area contributed by atoms with Crippen molar-refractivity contribution in [3.63, 3.8) is 0 Å². The monoisotopic (exact) mass is 587 g/mol. The Hall–Kier alpha value is -1.46. The highest BCUT2D eigenvalue weighted by Crippen LogP contribution is 2.11. The Morgan fingerprint density at radius 2 is 1.10 bits per heavy atom. The Balaban J connectivity index is 2.29. The van der Waals surface area contributed by atoms with Crippen molar-refractivity contribution in [2.45, 2.75) is 97.5 Å². The van der Waals surface area contributed by atoms with Crippen LogP contribution in [0.2, 0.25) is 0 Å². The molecule has 1 fully saturated rings. The lowest BCUT2D eigenvalue weighted by Crippen LogP contribution is -2.41. The summed E-state index contributed by atoms with van der Waals surface area (Å²) in [6.45, 7) is 14.5. The van der Waals surface area contributed by atoms with Crippen molar-refractivity contribution in [1.82, 2.24) is 15.1 Å². The van der Waals surface area contributed by atoms with E-state index in [-0.39, 0.29) is 12.0 Å². The molecule has 1 saturated heterocycles. The van der Waals surface area contributed by atoms with E-state index in [2.05, 4.69) is 17.1 Å². The number of nitrogens with one attached hydrogen (secondary N) is 1. The van der Waals surface area contributed by atoms with Gasteiger partial charge in [-0.05, 0) is 27.2 Å². The zero-order valence-corrected chi connectivity index (χ0v) is 26.7. The van der Waals surface area contributed by atoms with E-state index in [9.17, 15) is 9.59 Å². The maximum atomic E-state index is 12.5. The highest BCUT2D eigenvalue weighted by molar-refractivity contribution is 5.77. The number of amides is 2. The topological polar surface area (TPSA) is 98.8 Å². The molecule has 41 heavy (non-hydrogen) atoms. The average molecular weight is 588 g/mol. The summed E-state index contributed by atoms with van der Waals surface area (Å²) in [6.07, 6.45) is 12.5. The molecule has 0 radical (unpaired) electrons. The van der Waals surface area contributed by atoms with Crippen LogP contribution in [0.25, 0.3) is 0 Å². The van der Waals surface area contributed by atoms with Crippen molar-refractivity contribution in [2.24, 2.45) is 0 Å². The van der Waals surface area contributed by atoms with Crippen molar-refractivity contribution >= 4 is 12.0 Å². The Bertz CT molecular complexity index is 626. The summed E-state index contributed by atoms with van der Waals surface area (Å²) in [6, 6.07) is 0. The lowest BCUT2D eigenvalue weighted by molar-refractivity contribution is -0.122. The predicted octanol–water partition coefficient (Wildman–Crippen LogP) is 4.64. The summed E-state index contributed by atoms with van der Waals surface area (Å²) in [4.78, 5) is 28.7. The molecule has 1 aliphatic rings. The molecule has 10 heteroatoms. The molecule has 1 heterocycles. The van der Waals surface area contributed by atoms with E-state index < -0.39 is 5.60 Å². The summed E-state index contributed by atoms with van der Waals surface area (Å²) < 4.78 is 28.3. The molecule has 0 saturated carbocycles. The smallest absolute Gasteiger partial charge is 0.410 e. The number of nitrogens with zero attached hydrogens (tertiary/aromatic N) is 2. The fraction of sp³-hybridized carbons (Fsp3) is 0.935. The Kier molecular flexibility index (Phi) is 23.0. The van der Waals surface area contributed by atoms with Gasteiger partial charge < -0.3 is 33.9 Å². The summed E-state index contributed by atoms with van der Waals surface area (Å²) in [7, 11) is 0. The Morgan fingerprint density at radius 1 is 0.659 bits per heavy atom. The zero-order valence-electron chi connectivity index (χ0n) is 26.7. The maximum Gasteiger partial charge on any atom is 0.410 e. The van der Waals surface area contributed by atoms with Gasteiger partial charge in [0.15, 0.2) is 0 Å². The molecule has 10 nitrogen and oxygen atoms in total. The number of rotatable bonds is 13. The summed E-state index contributed by atoms with van der Waals surface area (Å²) in [5.74, 6) is 0.0456. The number of carbonyl (C=O) groups excluding carboxylic acids is 2. The maximum absolute atomic E-state index is 12.5. The number of hydrogen-bond donors (Lipinski definition) is 1. The number of ether oxygens (including phenoxy) is 5. The molecular formula is C31H61N3O7. The lowest BCUT2D eigenvalue weighted by Gasteiger charge is -2.27. The van der Waals surface area contributed by atoms with Crippen molar-refractivity contribution in [3.8, 4) is 0 Å². The molecule has 0 spiro atoms. The van der Waals surface area contributed by atoms with Crippen molar-refractivity contribution in [2.75, 3.05) is 92.1 Å². The average Bonchev–Trinajstić information content (AvgIpc) is 2.91. The first kappa shape index (κ1) is 37.6. The third kappa shape index (κ3) is 23.8. The SMILES string of the molecule is CCCCCCCCCCCCNC(=O)CN1CCOCCOCCN(C(=O)OC(C)(C)C)CCOCCOCC1. The molecule has 242 valence electrons. The molecule has 0 aliphatic carbocycles. The molecule has 0 bridgehead atoms. The van der Waals surface area contributed by atoms with Gasteiger partial charge >= 0.3 is 6.09 Å². The molecule has 1 N–H and O–H groups in total. The van der Waals surface area contributed by atoms with E-state index in [1.54, 1.807) is 4.90 Å². The van der Waals surface area contributed by atoms with E-state index in [0.29, 0.717) is 85.6 Å². The molecule has 0 aromatic rings. The molecule has 0 atom stereocenters. The van der Waals surface area contributed by atoms with E-state index in [0.717, 1.165) is 13.0 Å². The first-order valence-corrected chi connectivity index (χ1v) is 16.1. The van der Waals surface area contributed by atoms with Crippen LogP contribution in [-0.4, -0.2) is 120 Å². The molecular weight excluding hydrogens is 526 g/mol.